The monoisotopic (exact) mass is 929 g/mol. The van der Waals surface area contributed by atoms with Gasteiger partial charge in [-0.2, -0.15) is 0 Å². The Kier molecular flexibility index (Phi) is 13.2. The number of fused-ring (bicyclic) bond motifs is 6. The average molecular weight is 929 g/mol. The minimum atomic E-state index is -0.337. The van der Waals surface area contributed by atoms with Crippen LogP contribution >= 0.6 is 11.3 Å². The van der Waals surface area contributed by atoms with E-state index in [1.807, 2.05) is 96.3 Å². The molecule has 0 atom stereocenters. The zero-order valence-electron chi connectivity index (χ0n) is 33.1. The van der Waals surface area contributed by atoms with E-state index in [1.54, 1.807) is 0 Å². The van der Waals surface area contributed by atoms with Crippen LogP contribution in [0.2, 0.25) is 0 Å². The Bertz CT molecular complexity index is 2490. The molecule has 5 aromatic carbocycles. The molecule has 1 radical (unpaired) electrons. The minimum Gasteiger partial charge on any atom is -0.512 e. The van der Waals surface area contributed by atoms with Crippen LogP contribution in [0.5, 0.6) is 0 Å². The zero-order valence-corrected chi connectivity index (χ0v) is 36.4. The molecule has 0 bridgehead atoms. The number of halogens is 1. The molecule has 6 heteroatoms. The van der Waals surface area contributed by atoms with Crippen LogP contribution in [-0.2, 0) is 24.9 Å². The maximum absolute atomic E-state index is 15.8. The number of aromatic nitrogens is 1. The molecule has 0 spiro atoms. The first-order valence-electron chi connectivity index (χ1n) is 19.3. The Morgan fingerprint density at radius 1 is 0.818 bits per heavy atom. The van der Waals surface area contributed by atoms with Crippen molar-refractivity contribution in [3.63, 3.8) is 0 Å². The summed E-state index contributed by atoms with van der Waals surface area (Å²) >= 11 is 1.48. The molecule has 2 heterocycles. The van der Waals surface area contributed by atoms with Crippen LogP contribution in [0, 0.1) is 22.7 Å². The van der Waals surface area contributed by atoms with E-state index in [9.17, 15) is 9.90 Å². The number of aliphatic hydroxyl groups excluding tert-OH is 1. The number of benzene rings is 5. The Hall–Kier alpha value is -4.22. The summed E-state index contributed by atoms with van der Waals surface area (Å²) in [5.41, 5.74) is 3.99. The number of hydrogen-bond acceptors (Lipinski definition) is 4. The molecule has 0 aliphatic carbocycles. The van der Waals surface area contributed by atoms with Crippen molar-refractivity contribution in [2.45, 2.75) is 87.0 Å². The van der Waals surface area contributed by atoms with Gasteiger partial charge in [-0.15, -0.1) is 40.5 Å². The van der Waals surface area contributed by atoms with Gasteiger partial charge in [0.2, 0.25) is 0 Å². The van der Waals surface area contributed by atoms with E-state index in [0.29, 0.717) is 16.2 Å². The van der Waals surface area contributed by atoms with Crippen molar-refractivity contribution in [3.05, 3.63) is 126 Å². The van der Waals surface area contributed by atoms with Gasteiger partial charge in [0.25, 0.3) is 0 Å². The number of nitrogens with zero attached hydrogens (tertiary/aromatic N) is 1. The molecule has 0 fully saturated rings. The van der Waals surface area contributed by atoms with Crippen LogP contribution in [-0.4, -0.2) is 15.9 Å². The molecule has 287 valence electrons. The molecule has 55 heavy (non-hydrogen) atoms. The standard InChI is InChI=1S/C34H23FNS.C15H28O2.Ir/c1-20(2)29-19-24(18-23-13-12-22-10-6-7-11-25(22)30(23)29)32-34-28(16-17-36-32)27-15-14-26(31(35)33(27)37-34)21-8-4-3-5-9-21;1-7-14(5,8-2)12(16)11-13(17)15(6,9-3)10-4;/h3-17,19-20H,1-2H3;11,16H,7-10H2,1-6H3;/q-1;;/b;12-11-;. The third-order valence-electron chi connectivity index (χ3n) is 11.8. The van der Waals surface area contributed by atoms with Crippen molar-refractivity contribution in [1.82, 2.24) is 4.98 Å². The third kappa shape index (κ3) is 8.05. The van der Waals surface area contributed by atoms with Gasteiger partial charge < -0.3 is 5.11 Å². The van der Waals surface area contributed by atoms with Crippen LogP contribution in [0.3, 0.4) is 0 Å². The van der Waals surface area contributed by atoms with Gasteiger partial charge in [-0.25, -0.2) is 4.39 Å². The number of rotatable bonds is 10. The first kappa shape index (κ1) is 41.9. The molecule has 3 nitrogen and oxygen atoms in total. The number of pyridine rings is 1. The van der Waals surface area contributed by atoms with Gasteiger partial charge in [-0.05, 0) is 59.4 Å². The number of hydrogen-bond donors (Lipinski definition) is 1. The molecule has 0 unspecified atom stereocenters. The molecule has 0 aliphatic rings. The summed E-state index contributed by atoms with van der Waals surface area (Å²) in [7, 11) is 0. The smallest absolute Gasteiger partial charge is 0.164 e. The second kappa shape index (κ2) is 17.3. The van der Waals surface area contributed by atoms with E-state index in [2.05, 4.69) is 62.4 Å². The van der Waals surface area contributed by atoms with Crippen LogP contribution in [0.15, 0.2) is 109 Å². The van der Waals surface area contributed by atoms with Crippen molar-refractivity contribution >= 4 is 58.8 Å². The van der Waals surface area contributed by atoms with Gasteiger partial charge in [0.1, 0.15) is 11.6 Å². The third-order valence-corrected chi connectivity index (χ3v) is 13.1. The van der Waals surface area contributed by atoms with Crippen LogP contribution in [0.4, 0.5) is 4.39 Å². The van der Waals surface area contributed by atoms with E-state index in [1.165, 1.54) is 39.1 Å². The Morgan fingerprint density at radius 2 is 1.45 bits per heavy atom. The Balaban J connectivity index is 0.000000276. The summed E-state index contributed by atoms with van der Waals surface area (Å²) in [4.78, 5) is 17.0. The predicted octanol–water partition coefficient (Wildman–Crippen LogP) is 14.8. The molecule has 7 aromatic rings. The van der Waals surface area contributed by atoms with Gasteiger partial charge >= 0.3 is 0 Å². The predicted molar refractivity (Wildman–Crippen MR) is 229 cm³/mol. The van der Waals surface area contributed by atoms with E-state index in [4.69, 9.17) is 4.98 Å². The van der Waals surface area contributed by atoms with Gasteiger partial charge in [-0.3, -0.25) is 9.78 Å². The summed E-state index contributed by atoms with van der Waals surface area (Å²) in [6.45, 7) is 16.5. The SMILES string of the molecule is CC(C)c1cc(-c2nccc3c2sc2c(F)c(-c4ccccc4)ccc23)[c-]c2ccc3ccccc3c12.CCC(C)(CC)C(=O)/C=C(\O)C(C)(CC)CC.[Ir]. The van der Waals surface area contributed by atoms with Gasteiger partial charge in [0.05, 0.1) is 4.70 Å². The Morgan fingerprint density at radius 3 is 2.11 bits per heavy atom. The maximum atomic E-state index is 15.8. The quantitative estimate of drug-likeness (QED) is 0.0643. The van der Waals surface area contributed by atoms with E-state index in [0.717, 1.165) is 63.4 Å². The van der Waals surface area contributed by atoms with Crippen LogP contribution in [0.25, 0.3) is 64.1 Å². The Labute approximate surface area is 343 Å². The van der Waals surface area contributed by atoms with Crippen molar-refractivity contribution in [3.8, 4) is 22.4 Å². The van der Waals surface area contributed by atoms with E-state index < -0.39 is 0 Å². The molecule has 2 aromatic heterocycles. The zero-order chi connectivity index (χ0) is 38.8. The van der Waals surface area contributed by atoms with E-state index in [-0.39, 0.29) is 48.3 Å². The van der Waals surface area contributed by atoms with Crippen LogP contribution < -0.4 is 0 Å². The molecule has 0 aliphatic heterocycles. The van der Waals surface area contributed by atoms with Gasteiger partial charge in [0.15, 0.2) is 5.78 Å². The maximum Gasteiger partial charge on any atom is 0.164 e. The fourth-order valence-electron chi connectivity index (χ4n) is 7.13. The number of carbonyl (C=O) groups excluding carboxylic acids is 1. The van der Waals surface area contributed by atoms with Crippen molar-refractivity contribution in [2.24, 2.45) is 10.8 Å². The van der Waals surface area contributed by atoms with Gasteiger partial charge in [0, 0.05) is 64.6 Å². The average Bonchev–Trinajstić information content (AvgIpc) is 3.60. The first-order valence-corrected chi connectivity index (χ1v) is 20.1. The van der Waals surface area contributed by atoms with Crippen molar-refractivity contribution in [1.29, 1.82) is 0 Å². The largest absolute Gasteiger partial charge is 0.512 e. The summed E-state index contributed by atoms with van der Waals surface area (Å²) in [5.74, 6) is 0.440. The molecular formula is C49H51FIrNO2S-. The molecule has 0 saturated heterocycles. The normalized spacial score (nSPS) is 12.3. The summed E-state index contributed by atoms with van der Waals surface area (Å²) in [5, 5.41) is 16.9. The van der Waals surface area contributed by atoms with Gasteiger partial charge in [-0.1, -0.05) is 139 Å². The van der Waals surface area contributed by atoms with Crippen molar-refractivity contribution in [2.75, 3.05) is 0 Å². The second-order valence-electron chi connectivity index (χ2n) is 15.2. The van der Waals surface area contributed by atoms with Crippen LogP contribution in [0.1, 0.15) is 92.6 Å². The number of ketones is 1. The van der Waals surface area contributed by atoms with E-state index >= 15 is 4.39 Å². The number of aliphatic hydroxyl groups is 1. The van der Waals surface area contributed by atoms with Crippen molar-refractivity contribution < 1.29 is 34.4 Å². The minimum absolute atomic E-state index is 0. The molecule has 0 saturated carbocycles. The first-order chi connectivity index (χ1) is 25.9. The fourth-order valence-corrected chi connectivity index (χ4v) is 8.37. The summed E-state index contributed by atoms with van der Waals surface area (Å²) in [6.07, 6.45) is 6.59. The number of carbonyl (C=O) groups is 1. The molecule has 1 N–H and O–H groups in total. The topological polar surface area (TPSA) is 50.2 Å². The second-order valence-corrected chi connectivity index (χ2v) is 16.3. The fraction of sp³-hybridized carbons (Fsp3) is 0.306. The summed E-state index contributed by atoms with van der Waals surface area (Å²) in [6, 6.07) is 34.4. The molecule has 7 rings (SSSR count). The summed E-state index contributed by atoms with van der Waals surface area (Å²) < 4.78 is 17.5. The number of thiophene rings is 1. The molecule has 0 amide bonds. The molecular weight excluding hydrogens is 878 g/mol. The number of allylic oxidation sites excluding steroid dienone is 2.